The van der Waals surface area contributed by atoms with Crippen LogP contribution in [-0.4, -0.2) is 9.67 Å². The molecule has 1 N–H and O–H groups in total. The molecule has 0 saturated heterocycles. The summed E-state index contributed by atoms with van der Waals surface area (Å²) >= 11 is 0. The zero-order valence-corrected chi connectivity index (χ0v) is 11.2. The van der Waals surface area contributed by atoms with Crippen LogP contribution >= 0.6 is 0 Å². The summed E-state index contributed by atoms with van der Waals surface area (Å²) in [6.45, 7) is 1.91. The average molecular weight is 265 g/mol. The quantitative estimate of drug-likeness (QED) is 0.772. The van der Waals surface area contributed by atoms with Crippen LogP contribution in [0.5, 0.6) is 5.88 Å². The number of aromatic nitrogens is 1. The summed E-state index contributed by atoms with van der Waals surface area (Å²) in [6, 6.07) is 18.4. The number of rotatable bonds is 2. The van der Waals surface area contributed by atoms with Crippen molar-refractivity contribution in [2.45, 2.75) is 13.0 Å². The molecule has 3 rings (SSSR count). The fourth-order valence-electron chi connectivity index (χ4n) is 2.52. The first-order valence-corrected chi connectivity index (χ1v) is 6.56. The summed E-state index contributed by atoms with van der Waals surface area (Å²) in [4.78, 5) is 12.3. The number of fused-ring (bicyclic) bond motifs is 1. The van der Waals surface area contributed by atoms with Crippen LogP contribution in [0.15, 0.2) is 65.5 Å². The second-order valence-corrected chi connectivity index (χ2v) is 4.85. The van der Waals surface area contributed by atoms with Gasteiger partial charge in [0, 0.05) is 11.5 Å². The molecule has 0 radical (unpaired) electrons. The van der Waals surface area contributed by atoms with Gasteiger partial charge in [-0.1, -0.05) is 48.5 Å². The highest BCUT2D eigenvalue weighted by Gasteiger charge is 2.15. The van der Waals surface area contributed by atoms with Gasteiger partial charge < -0.3 is 5.11 Å². The van der Waals surface area contributed by atoms with E-state index in [0.29, 0.717) is 5.39 Å². The van der Waals surface area contributed by atoms with Gasteiger partial charge in [0.15, 0.2) is 0 Å². The first kappa shape index (κ1) is 12.5. The topological polar surface area (TPSA) is 42.2 Å². The zero-order valence-electron chi connectivity index (χ0n) is 11.2. The van der Waals surface area contributed by atoms with Crippen LogP contribution in [0.3, 0.4) is 0 Å². The zero-order chi connectivity index (χ0) is 14.1. The third-order valence-corrected chi connectivity index (χ3v) is 3.62. The van der Waals surface area contributed by atoms with Crippen LogP contribution in [0.1, 0.15) is 18.5 Å². The van der Waals surface area contributed by atoms with E-state index in [2.05, 4.69) is 0 Å². The van der Waals surface area contributed by atoms with Crippen LogP contribution in [-0.2, 0) is 0 Å². The van der Waals surface area contributed by atoms with Crippen LogP contribution in [0.2, 0.25) is 0 Å². The molecule has 2 aromatic carbocycles. The Labute approximate surface area is 116 Å². The Hall–Kier alpha value is -2.55. The fourth-order valence-corrected chi connectivity index (χ4v) is 2.52. The molecule has 0 aliphatic carbocycles. The van der Waals surface area contributed by atoms with Crippen molar-refractivity contribution in [1.29, 1.82) is 0 Å². The third kappa shape index (κ3) is 1.97. The van der Waals surface area contributed by atoms with E-state index in [0.717, 1.165) is 10.9 Å². The van der Waals surface area contributed by atoms with Gasteiger partial charge in [-0.3, -0.25) is 9.36 Å². The summed E-state index contributed by atoms with van der Waals surface area (Å²) < 4.78 is 1.43. The van der Waals surface area contributed by atoms with Crippen molar-refractivity contribution in [1.82, 2.24) is 4.57 Å². The van der Waals surface area contributed by atoms with Crippen molar-refractivity contribution in [3.8, 4) is 5.88 Å². The molecular weight excluding hydrogens is 250 g/mol. The number of nitrogens with zero attached hydrogens (tertiary/aromatic N) is 1. The van der Waals surface area contributed by atoms with Crippen LogP contribution in [0, 0.1) is 0 Å². The van der Waals surface area contributed by atoms with E-state index in [9.17, 15) is 9.90 Å². The lowest BCUT2D eigenvalue weighted by Crippen LogP contribution is -2.23. The molecule has 0 saturated carbocycles. The minimum Gasteiger partial charge on any atom is -0.494 e. The summed E-state index contributed by atoms with van der Waals surface area (Å²) in [6.07, 6.45) is 0. The van der Waals surface area contributed by atoms with E-state index in [1.807, 2.05) is 61.5 Å². The Balaban J connectivity index is 2.24. The van der Waals surface area contributed by atoms with Gasteiger partial charge in [-0.2, -0.15) is 0 Å². The molecule has 1 unspecified atom stereocenters. The van der Waals surface area contributed by atoms with Gasteiger partial charge in [-0.15, -0.1) is 0 Å². The lowest BCUT2D eigenvalue weighted by atomic mass is 10.1. The van der Waals surface area contributed by atoms with E-state index in [1.54, 1.807) is 6.07 Å². The van der Waals surface area contributed by atoms with Crippen LogP contribution in [0.4, 0.5) is 0 Å². The number of aromatic hydroxyl groups is 1. The van der Waals surface area contributed by atoms with Gasteiger partial charge in [-0.05, 0) is 23.9 Å². The van der Waals surface area contributed by atoms with Gasteiger partial charge in [0.05, 0.1) is 6.04 Å². The lowest BCUT2D eigenvalue weighted by Gasteiger charge is -2.18. The molecule has 20 heavy (non-hydrogen) atoms. The fraction of sp³-hybridized carbons (Fsp3) is 0.118. The van der Waals surface area contributed by atoms with Crippen molar-refractivity contribution < 1.29 is 5.11 Å². The van der Waals surface area contributed by atoms with E-state index in [1.165, 1.54) is 4.57 Å². The third-order valence-electron chi connectivity index (χ3n) is 3.62. The number of pyridine rings is 1. The summed E-state index contributed by atoms with van der Waals surface area (Å²) in [5.41, 5.74) is 0.790. The second kappa shape index (κ2) is 4.85. The van der Waals surface area contributed by atoms with Gasteiger partial charge in [0.25, 0.3) is 5.56 Å². The summed E-state index contributed by atoms with van der Waals surface area (Å²) in [7, 11) is 0. The monoisotopic (exact) mass is 265 g/mol. The van der Waals surface area contributed by atoms with Crippen LogP contribution < -0.4 is 5.56 Å². The molecule has 100 valence electrons. The Morgan fingerprint density at radius 2 is 1.65 bits per heavy atom. The minimum absolute atomic E-state index is 0.0180. The molecule has 0 bridgehead atoms. The summed E-state index contributed by atoms with van der Waals surface area (Å²) in [5.74, 6) is 0.0180. The second-order valence-electron chi connectivity index (χ2n) is 4.85. The maximum Gasteiger partial charge on any atom is 0.254 e. The van der Waals surface area contributed by atoms with Gasteiger partial charge in [0.1, 0.15) is 0 Å². The Bertz CT molecular complexity index is 806. The molecule has 0 spiro atoms. The van der Waals surface area contributed by atoms with E-state index >= 15 is 0 Å². The van der Waals surface area contributed by atoms with Crippen molar-refractivity contribution >= 4 is 10.8 Å². The van der Waals surface area contributed by atoms with Crippen LogP contribution in [0.25, 0.3) is 10.8 Å². The van der Waals surface area contributed by atoms with E-state index in [-0.39, 0.29) is 17.5 Å². The van der Waals surface area contributed by atoms with E-state index < -0.39 is 0 Å². The van der Waals surface area contributed by atoms with Gasteiger partial charge in [-0.25, -0.2) is 0 Å². The highest BCUT2D eigenvalue weighted by atomic mass is 16.3. The average Bonchev–Trinajstić information content (AvgIpc) is 2.48. The molecule has 1 atom stereocenters. The molecule has 3 aromatic rings. The smallest absolute Gasteiger partial charge is 0.254 e. The first-order valence-electron chi connectivity index (χ1n) is 6.56. The molecule has 3 heteroatoms. The normalized spacial score (nSPS) is 12.4. The Morgan fingerprint density at radius 1 is 1.00 bits per heavy atom. The number of hydrogen-bond acceptors (Lipinski definition) is 2. The largest absolute Gasteiger partial charge is 0.494 e. The van der Waals surface area contributed by atoms with Crippen molar-refractivity contribution in [3.05, 3.63) is 76.6 Å². The highest BCUT2D eigenvalue weighted by molar-refractivity contribution is 5.86. The molecule has 3 nitrogen and oxygen atoms in total. The van der Waals surface area contributed by atoms with Crippen molar-refractivity contribution in [2.24, 2.45) is 0 Å². The predicted molar refractivity (Wildman–Crippen MR) is 80.1 cm³/mol. The molecule has 0 amide bonds. The molecule has 1 aromatic heterocycles. The predicted octanol–water partition coefficient (Wildman–Crippen LogP) is 3.32. The van der Waals surface area contributed by atoms with Gasteiger partial charge in [0.2, 0.25) is 5.88 Å². The number of benzene rings is 2. The maximum atomic E-state index is 12.3. The molecule has 0 aliphatic rings. The summed E-state index contributed by atoms with van der Waals surface area (Å²) in [5, 5.41) is 11.9. The van der Waals surface area contributed by atoms with E-state index in [4.69, 9.17) is 0 Å². The van der Waals surface area contributed by atoms with Crippen molar-refractivity contribution in [2.75, 3.05) is 0 Å². The maximum absolute atomic E-state index is 12.3. The van der Waals surface area contributed by atoms with Crippen molar-refractivity contribution in [3.63, 3.8) is 0 Å². The van der Waals surface area contributed by atoms with Gasteiger partial charge >= 0.3 is 0 Å². The molecule has 0 aliphatic heterocycles. The first-order chi connectivity index (χ1) is 9.68. The Morgan fingerprint density at radius 3 is 2.40 bits per heavy atom. The number of hydrogen-bond donors (Lipinski definition) is 1. The standard InChI is InChI=1S/C17H15NO2/c1-12(13-7-3-2-4-8-13)18-16(19)11-14-9-5-6-10-15(14)17(18)20/h2-12,20H,1H3. The molecule has 1 heterocycles. The highest BCUT2D eigenvalue weighted by Crippen LogP contribution is 2.27. The molecular formula is C17H15NO2. The lowest BCUT2D eigenvalue weighted by molar-refractivity contribution is 0.402. The Kier molecular flexibility index (Phi) is 3.03. The SMILES string of the molecule is CC(c1ccccc1)n1c(O)c2ccccc2cc1=O. The minimum atomic E-state index is -0.215. The molecule has 0 fully saturated rings.